The maximum atomic E-state index is 12.0. The number of halogens is 1. The van der Waals surface area contributed by atoms with Crippen LogP contribution < -0.4 is 10.6 Å². The van der Waals surface area contributed by atoms with E-state index in [0.29, 0.717) is 0 Å². The third-order valence-corrected chi connectivity index (χ3v) is 2.24. The van der Waals surface area contributed by atoms with E-state index in [-0.39, 0.29) is 5.82 Å². The number of hydrogen-bond donors (Lipinski definition) is 2. The molecule has 13 heavy (non-hydrogen) atoms. The van der Waals surface area contributed by atoms with E-state index in [1.165, 1.54) is 6.07 Å². The van der Waals surface area contributed by atoms with E-state index in [2.05, 4.69) is 10.6 Å². The molecule has 0 aromatic carbocycles. The van der Waals surface area contributed by atoms with Crippen LogP contribution in [0.2, 0.25) is 0 Å². The Morgan fingerprint density at radius 2 is 1.62 bits per heavy atom. The molecule has 0 radical (unpaired) electrons. The standard InChI is InChI=1S/C6H3F.C4H10N2/c7-6-3-4-1-2-5(4)6;1-2-6-4-3-5-1/h1-3H;5-6H,1-4H2. The molecule has 2 nitrogen and oxygen atoms in total. The predicted octanol–water partition coefficient (Wildman–Crippen LogP) is 0.605. The second kappa shape index (κ2) is 3.85. The molecule has 2 aliphatic carbocycles. The first kappa shape index (κ1) is 8.66. The average molecular weight is 180 g/mol. The van der Waals surface area contributed by atoms with Crippen LogP contribution in [0.1, 0.15) is 0 Å². The van der Waals surface area contributed by atoms with Gasteiger partial charge in [-0.15, -0.1) is 0 Å². The summed E-state index contributed by atoms with van der Waals surface area (Å²) in [6.07, 6.45) is 0. The fourth-order valence-electron chi connectivity index (χ4n) is 1.35. The van der Waals surface area contributed by atoms with Gasteiger partial charge in [-0.05, 0) is 11.3 Å². The van der Waals surface area contributed by atoms with Crippen LogP contribution in [0.4, 0.5) is 4.39 Å². The van der Waals surface area contributed by atoms with Crippen molar-refractivity contribution in [1.82, 2.24) is 10.6 Å². The first-order valence-corrected chi connectivity index (χ1v) is 4.59. The Hall–Kier alpha value is -0.930. The van der Waals surface area contributed by atoms with Crippen LogP contribution in [0, 0.1) is 16.3 Å². The normalized spacial score (nSPS) is 17.3. The van der Waals surface area contributed by atoms with Gasteiger partial charge in [0.15, 0.2) is 0 Å². The minimum atomic E-state index is -0.0579. The molecule has 3 heteroatoms. The minimum Gasteiger partial charge on any atom is -0.314 e. The zero-order chi connectivity index (χ0) is 9.10. The van der Waals surface area contributed by atoms with Crippen LogP contribution in [0.25, 0.3) is 0 Å². The number of nitrogens with one attached hydrogen (secondary N) is 2. The Balaban J connectivity index is 0.000000102. The van der Waals surface area contributed by atoms with Crippen LogP contribution in [-0.4, -0.2) is 26.2 Å². The van der Waals surface area contributed by atoms with E-state index in [1.807, 2.05) is 6.07 Å². The van der Waals surface area contributed by atoms with Crippen LogP contribution >= 0.6 is 0 Å². The quantitative estimate of drug-likeness (QED) is 0.620. The number of piperazine rings is 1. The second-order valence-corrected chi connectivity index (χ2v) is 3.19. The zero-order valence-corrected chi connectivity index (χ0v) is 7.44. The highest BCUT2D eigenvalue weighted by Crippen LogP contribution is 2.12. The third kappa shape index (κ3) is 1.87. The lowest BCUT2D eigenvalue weighted by molar-refractivity contribution is 0.534. The van der Waals surface area contributed by atoms with Gasteiger partial charge >= 0.3 is 0 Å². The van der Waals surface area contributed by atoms with Gasteiger partial charge in [-0.25, -0.2) is 4.39 Å². The SMILES string of the molecule is C1CNCCN1.Fc1cc2ccc1=2. The van der Waals surface area contributed by atoms with Gasteiger partial charge in [-0.3, -0.25) is 0 Å². The molecule has 1 aliphatic heterocycles. The maximum absolute atomic E-state index is 12.0. The number of hydrogen-bond acceptors (Lipinski definition) is 2. The van der Waals surface area contributed by atoms with E-state index in [1.54, 1.807) is 6.07 Å². The highest BCUT2D eigenvalue weighted by molar-refractivity contribution is 5.24. The van der Waals surface area contributed by atoms with E-state index in [9.17, 15) is 4.39 Å². The summed E-state index contributed by atoms with van der Waals surface area (Å²) < 4.78 is 12.0. The summed E-state index contributed by atoms with van der Waals surface area (Å²) in [4.78, 5) is 0. The highest BCUT2D eigenvalue weighted by Gasteiger charge is 2.01. The van der Waals surface area contributed by atoms with Crippen LogP contribution in [0.5, 0.6) is 0 Å². The lowest BCUT2D eigenvalue weighted by Gasteiger charge is -2.11. The van der Waals surface area contributed by atoms with Gasteiger partial charge in [-0.1, -0.05) is 12.1 Å². The van der Waals surface area contributed by atoms with Crippen LogP contribution in [0.3, 0.4) is 0 Å². The molecule has 0 unspecified atom stereocenters. The van der Waals surface area contributed by atoms with Crippen molar-refractivity contribution >= 4 is 0 Å². The van der Waals surface area contributed by atoms with Crippen LogP contribution in [0.15, 0.2) is 18.2 Å². The van der Waals surface area contributed by atoms with E-state index in [4.69, 9.17) is 0 Å². The van der Waals surface area contributed by atoms with Gasteiger partial charge in [0.05, 0.1) is 0 Å². The van der Waals surface area contributed by atoms with Crippen molar-refractivity contribution in [3.05, 3.63) is 34.5 Å². The first-order valence-electron chi connectivity index (χ1n) is 4.59. The molecule has 70 valence electrons. The Kier molecular flexibility index (Phi) is 2.57. The van der Waals surface area contributed by atoms with Crippen LogP contribution in [-0.2, 0) is 0 Å². The molecule has 1 heterocycles. The summed E-state index contributed by atoms with van der Waals surface area (Å²) in [6, 6.07) is 5.22. The largest absolute Gasteiger partial charge is 0.314 e. The number of benzene rings is 1. The van der Waals surface area contributed by atoms with Gasteiger partial charge in [0.2, 0.25) is 0 Å². The first-order chi connectivity index (χ1) is 6.38. The Bertz CT molecular complexity index is 359. The fourth-order valence-corrected chi connectivity index (χ4v) is 1.35. The third-order valence-electron chi connectivity index (χ3n) is 2.24. The Morgan fingerprint density at radius 1 is 1.00 bits per heavy atom. The fraction of sp³-hybridized carbons (Fsp3) is 0.400. The summed E-state index contributed by atoms with van der Waals surface area (Å²) in [5.74, 6) is -0.0579. The summed E-state index contributed by atoms with van der Waals surface area (Å²) in [6.45, 7) is 4.56. The van der Waals surface area contributed by atoms with Crippen molar-refractivity contribution in [3.63, 3.8) is 0 Å². The molecule has 0 saturated carbocycles. The van der Waals surface area contributed by atoms with E-state index in [0.717, 1.165) is 36.6 Å². The molecule has 2 N–H and O–H groups in total. The van der Waals surface area contributed by atoms with Crippen molar-refractivity contribution in [1.29, 1.82) is 0 Å². The van der Waals surface area contributed by atoms with Crippen molar-refractivity contribution < 1.29 is 4.39 Å². The molecule has 0 aromatic rings. The van der Waals surface area contributed by atoms with Crippen molar-refractivity contribution in [2.75, 3.05) is 26.2 Å². The lowest BCUT2D eigenvalue weighted by atomic mass is 10.1. The Morgan fingerprint density at radius 3 is 1.69 bits per heavy atom. The molecule has 1 fully saturated rings. The smallest absolute Gasteiger partial charge is 0.131 e. The van der Waals surface area contributed by atoms with Gasteiger partial charge in [-0.2, -0.15) is 0 Å². The highest BCUT2D eigenvalue weighted by atomic mass is 19.1. The molecule has 1 saturated heterocycles. The average Bonchev–Trinajstić information content (AvgIpc) is 2.17. The van der Waals surface area contributed by atoms with Gasteiger partial charge < -0.3 is 10.6 Å². The lowest BCUT2D eigenvalue weighted by Crippen LogP contribution is -2.39. The zero-order valence-electron chi connectivity index (χ0n) is 7.44. The maximum Gasteiger partial charge on any atom is 0.131 e. The molecule has 0 aromatic heterocycles. The molecule has 0 bridgehead atoms. The summed E-state index contributed by atoms with van der Waals surface area (Å²) >= 11 is 0. The molecule has 0 spiro atoms. The second-order valence-electron chi connectivity index (χ2n) is 3.19. The van der Waals surface area contributed by atoms with Crippen molar-refractivity contribution in [3.8, 4) is 0 Å². The molecule has 3 aliphatic rings. The monoisotopic (exact) mass is 180 g/mol. The van der Waals surface area contributed by atoms with Gasteiger partial charge in [0.25, 0.3) is 0 Å². The van der Waals surface area contributed by atoms with Crippen molar-refractivity contribution in [2.45, 2.75) is 0 Å². The van der Waals surface area contributed by atoms with E-state index < -0.39 is 0 Å². The molecule has 3 rings (SSSR count). The molecule has 0 amide bonds. The summed E-state index contributed by atoms with van der Waals surface area (Å²) in [5.41, 5.74) is 0. The molecular weight excluding hydrogens is 167 g/mol. The van der Waals surface area contributed by atoms with Gasteiger partial charge in [0, 0.05) is 31.4 Å². The predicted molar refractivity (Wildman–Crippen MR) is 49.8 cm³/mol. The molecule has 0 atom stereocenters. The van der Waals surface area contributed by atoms with E-state index >= 15 is 0 Å². The van der Waals surface area contributed by atoms with Crippen molar-refractivity contribution in [2.24, 2.45) is 0 Å². The summed E-state index contributed by atoms with van der Waals surface area (Å²) in [7, 11) is 0. The number of rotatable bonds is 0. The summed E-state index contributed by atoms with van der Waals surface area (Å²) in [5, 5.41) is 8.32. The Labute approximate surface area is 76.5 Å². The minimum absolute atomic E-state index is 0.0579. The molecular formula is C10H13FN2. The topological polar surface area (TPSA) is 24.1 Å². The van der Waals surface area contributed by atoms with Gasteiger partial charge in [0.1, 0.15) is 5.82 Å².